The van der Waals surface area contributed by atoms with Gasteiger partial charge in [0.15, 0.2) is 0 Å². The van der Waals surface area contributed by atoms with Crippen LogP contribution >= 0.6 is 12.6 Å². The van der Waals surface area contributed by atoms with Gasteiger partial charge in [-0.05, 0) is 37.4 Å². The monoisotopic (exact) mass is 210 g/mol. The van der Waals surface area contributed by atoms with Gasteiger partial charge < -0.3 is 0 Å². The van der Waals surface area contributed by atoms with Gasteiger partial charge in [0.25, 0.3) is 0 Å². The van der Waals surface area contributed by atoms with Crippen LogP contribution in [0.2, 0.25) is 0 Å². The Morgan fingerprint density at radius 1 is 1.43 bits per heavy atom. The first-order valence-electron chi connectivity index (χ1n) is 5.10. The summed E-state index contributed by atoms with van der Waals surface area (Å²) in [5, 5.41) is 0. The molecule has 0 spiro atoms. The standard InChI is InChI=1S/C11H18N2S/c1-2-13(8-5-9-14)10-11-6-3-4-7-12-11/h3-4,6-7,14H,2,5,8-10H2,1H3. The van der Waals surface area contributed by atoms with Gasteiger partial charge in [-0.15, -0.1) is 0 Å². The second-order valence-electron chi connectivity index (χ2n) is 3.27. The summed E-state index contributed by atoms with van der Waals surface area (Å²) in [7, 11) is 0. The lowest BCUT2D eigenvalue weighted by molar-refractivity contribution is 0.278. The van der Waals surface area contributed by atoms with Gasteiger partial charge in [-0.2, -0.15) is 12.6 Å². The van der Waals surface area contributed by atoms with Crippen molar-refractivity contribution in [2.45, 2.75) is 19.9 Å². The Kier molecular flexibility index (Phi) is 5.64. The molecule has 2 nitrogen and oxygen atoms in total. The molecule has 0 aliphatic heterocycles. The lowest BCUT2D eigenvalue weighted by Crippen LogP contribution is -2.24. The van der Waals surface area contributed by atoms with Gasteiger partial charge in [-0.1, -0.05) is 13.0 Å². The molecule has 0 atom stereocenters. The van der Waals surface area contributed by atoms with Gasteiger partial charge in [-0.3, -0.25) is 9.88 Å². The molecule has 0 aromatic carbocycles. The number of hydrogen-bond acceptors (Lipinski definition) is 3. The summed E-state index contributed by atoms with van der Waals surface area (Å²) in [6, 6.07) is 6.06. The SMILES string of the molecule is CCN(CCCS)Cc1ccccn1. The van der Waals surface area contributed by atoms with Crippen molar-refractivity contribution in [3.8, 4) is 0 Å². The zero-order valence-electron chi connectivity index (χ0n) is 8.69. The van der Waals surface area contributed by atoms with Crippen LogP contribution in [0.3, 0.4) is 0 Å². The van der Waals surface area contributed by atoms with Gasteiger partial charge in [-0.25, -0.2) is 0 Å². The molecule has 0 N–H and O–H groups in total. The Bertz CT molecular complexity index is 238. The molecule has 0 bridgehead atoms. The number of hydrogen-bond donors (Lipinski definition) is 1. The number of pyridine rings is 1. The first-order chi connectivity index (χ1) is 6.86. The van der Waals surface area contributed by atoms with E-state index in [0.29, 0.717) is 0 Å². The van der Waals surface area contributed by atoms with Crippen LogP contribution in [0.15, 0.2) is 24.4 Å². The first kappa shape index (κ1) is 11.5. The summed E-state index contributed by atoms with van der Waals surface area (Å²) < 4.78 is 0. The molecule has 0 saturated carbocycles. The minimum absolute atomic E-state index is 0.950. The molecule has 0 aliphatic rings. The van der Waals surface area contributed by atoms with Gasteiger partial charge in [0.2, 0.25) is 0 Å². The number of rotatable bonds is 6. The average Bonchev–Trinajstić information content (AvgIpc) is 2.25. The van der Waals surface area contributed by atoms with Crippen LogP contribution in [-0.2, 0) is 6.54 Å². The van der Waals surface area contributed by atoms with Gasteiger partial charge in [0.05, 0.1) is 5.69 Å². The molecule has 78 valence electrons. The molecule has 0 amide bonds. The molecule has 1 aromatic rings. The minimum atomic E-state index is 0.950. The number of thiol groups is 1. The second kappa shape index (κ2) is 6.85. The van der Waals surface area contributed by atoms with Crippen molar-refractivity contribution < 1.29 is 0 Å². The van der Waals surface area contributed by atoms with Crippen LogP contribution in [0.4, 0.5) is 0 Å². The summed E-state index contributed by atoms with van der Waals surface area (Å²) in [4.78, 5) is 6.70. The Hall–Kier alpha value is -0.540. The zero-order chi connectivity index (χ0) is 10.2. The van der Waals surface area contributed by atoms with E-state index in [-0.39, 0.29) is 0 Å². The van der Waals surface area contributed by atoms with Crippen molar-refractivity contribution in [1.29, 1.82) is 0 Å². The third kappa shape index (κ3) is 4.11. The molecule has 3 heteroatoms. The highest BCUT2D eigenvalue weighted by atomic mass is 32.1. The third-order valence-corrected chi connectivity index (χ3v) is 2.51. The molecule has 1 aromatic heterocycles. The van der Waals surface area contributed by atoms with E-state index in [4.69, 9.17) is 0 Å². The molecular formula is C11H18N2S. The predicted molar refractivity (Wildman–Crippen MR) is 63.7 cm³/mol. The third-order valence-electron chi connectivity index (χ3n) is 2.19. The van der Waals surface area contributed by atoms with Crippen LogP contribution in [-0.4, -0.2) is 28.7 Å². The van der Waals surface area contributed by atoms with Crippen LogP contribution < -0.4 is 0 Å². The molecule has 0 unspecified atom stereocenters. The number of nitrogens with zero attached hydrogens (tertiary/aromatic N) is 2. The van der Waals surface area contributed by atoms with Crippen molar-refractivity contribution in [3.05, 3.63) is 30.1 Å². The summed E-state index contributed by atoms with van der Waals surface area (Å²) in [6.45, 7) is 5.31. The fourth-order valence-electron chi connectivity index (χ4n) is 1.36. The molecule has 0 aliphatic carbocycles. The molecular weight excluding hydrogens is 192 g/mol. The van der Waals surface area contributed by atoms with Crippen LogP contribution in [0.25, 0.3) is 0 Å². The maximum atomic E-state index is 4.31. The Balaban J connectivity index is 2.40. The highest BCUT2D eigenvalue weighted by Gasteiger charge is 2.02. The molecule has 0 fully saturated rings. The van der Waals surface area contributed by atoms with E-state index in [2.05, 4.69) is 35.5 Å². The number of aromatic nitrogens is 1. The zero-order valence-corrected chi connectivity index (χ0v) is 9.58. The predicted octanol–water partition coefficient (Wildman–Crippen LogP) is 2.22. The fourth-order valence-corrected chi connectivity index (χ4v) is 1.51. The van der Waals surface area contributed by atoms with E-state index in [9.17, 15) is 0 Å². The fraction of sp³-hybridized carbons (Fsp3) is 0.545. The normalized spacial score (nSPS) is 10.8. The topological polar surface area (TPSA) is 16.1 Å². The Labute approximate surface area is 91.8 Å². The highest BCUT2D eigenvalue weighted by Crippen LogP contribution is 2.01. The summed E-state index contributed by atoms with van der Waals surface area (Å²) >= 11 is 4.22. The minimum Gasteiger partial charge on any atom is -0.298 e. The summed E-state index contributed by atoms with van der Waals surface area (Å²) in [5.41, 5.74) is 1.15. The van der Waals surface area contributed by atoms with Gasteiger partial charge in [0.1, 0.15) is 0 Å². The van der Waals surface area contributed by atoms with Crippen molar-refractivity contribution in [2.24, 2.45) is 0 Å². The van der Waals surface area contributed by atoms with E-state index in [1.807, 2.05) is 18.3 Å². The summed E-state index contributed by atoms with van der Waals surface area (Å²) in [5.74, 6) is 0.957. The molecule has 1 rings (SSSR count). The van der Waals surface area contributed by atoms with E-state index >= 15 is 0 Å². The van der Waals surface area contributed by atoms with Gasteiger partial charge in [0, 0.05) is 12.7 Å². The Morgan fingerprint density at radius 2 is 2.29 bits per heavy atom. The van der Waals surface area contributed by atoms with Crippen LogP contribution in [0.1, 0.15) is 19.0 Å². The van der Waals surface area contributed by atoms with Crippen molar-refractivity contribution in [1.82, 2.24) is 9.88 Å². The highest BCUT2D eigenvalue weighted by molar-refractivity contribution is 7.80. The lowest BCUT2D eigenvalue weighted by atomic mass is 10.3. The molecule has 0 saturated heterocycles. The van der Waals surface area contributed by atoms with E-state index < -0.39 is 0 Å². The quantitative estimate of drug-likeness (QED) is 0.725. The smallest absolute Gasteiger partial charge is 0.0543 e. The van der Waals surface area contributed by atoms with Crippen molar-refractivity contribution >= 4 is 12.6 Å². The van der Waals surface area contributed by atoms with E-state index in [1.165, 1.54) is 0 Å². The van der Waals surface area contributed by atoms with E-state index in [0.717, 1.165) is 37.5 Å². The average molecular weight is 210 g/mol. The largest absolute Gasteiger partial charge is 0.298 e. The maximum absolute atomic E-state index is 4.31. The van der Waals surface area contributed by atoms with Crippen molar-refractivity contribution in [3.63, 3.8) is 0 Å². The van der Waals surface area contributed by atoms with Crippen LogP contribution in [0.5, 0.6) is 0 Å². The lowest BCUT2D eigenvalue weighted by Gasteiger charge is -2.19. The first-order valence-corrected chi connectivity index (χ1v) is 5.73. The van der Waals surface area contributed by atoms with Crippen LogP contribution in [0, 0.1) is 0 Å². The second-order valence-corrected chi connectivity index (χ2v) is 3.71. The maximum Gasteiger partial charge on any atom is 0.0543 e. The molecule has 14 heavy (non-hydrogen) atoms. The van der Waals surface area contributed by atoms with Crippen molar-refractivity contribution in [2.75, 3.05) is 18.8 Å². The Morgan fingerprint density at radius 3 is 2.86 bits per heavy atom. The summed E-state index contributed by atoms with van der Waals surface area (Å²) in [6.07, 6.45) is 2.99. The molecule has 1 heterocycles. The van der Waals surface area contributed by atoms with Gasteiger partial charge >= 0.3 is 0 Å². The molecule has 0 radical (unpaired) electrons. The van der Waals surface area contributed by atoms with E-state index in [1.54, 1.807) is 0 Å².